The number of amides is 1. The molecule has 8 nitrogen and oxygen atoms in total. The van der Waals surface area contributed by atoms with E-state index in [2.05, 4.69) is 20.1 Å². The van der Waals surface area contributed by atoms with E-state index in [9.17, 15) is 4.79 Å². The molecule has 1 amide bonds. The number of hydrogen-bond donors (Lipinski definition) is 2. The molecule has 0 radical (unpaired) electrons. The topological polar surface area (TPSA) is 100 Å². The highest BCUT2D eigenvalue weighted by molar-refractivity contribution is 5.90. The number of aromatic amines is 1. The average Bonchev–Trinajstić information content (AvgIpc) is 3.01. The first-order chi connectivity index (χ1) is 10.7. The van der Waals surface area contributed by atoms with E-state index in [1.54, 1.807) is 12.0 Å². The Morgan fingerprint density at radius 3 is 2.64 bits per heavy atom. The van der Waals surface area contributed by atoms with E-state index in [1.807, 2.05) is 24.3 Å². The molecule has 3 N–H and O–H groups in total. The predicted molar refractivity (Wildman–Crippen MR) is 81.9 cm³/mol. The molecule has 0 spiro atoms. The number of carbonyl (C=O) groups is 1. The standard InChI is InChI=1S/C14H18N6O2/c1-22-11-5-3-2-4-10(11)19-6-8-20(9-7-19)13(21)12-16-14(15)18-17-12/h2-5H,6-9H2,1H3,(H3,15,16,17,18). The smallest absolute Gasteiger partial charge is 0.291 e. The van der Waals surface area contributed by atoms with Gasteiger partial charge in [0.15, 0.2) is 0 Å². The van der Waals surface area contributed by atoms with Gasteiger partial charge < -0.3 is 20.3 Å². The quantitative estimate of drug-likeness (QED) is 0.849. The molecular formula is C14H18N6O2. The predicted octanol–water partition coefficient (Wildman–Crippen LogP) is 0.358. The fourth-order valence-electron chi connectivity index (χ4n) is 2.56. The number of nitrogens with one attached hydrogen (secondary N) is 1. The summed E-state index contributed by atoms with van der Waals surface area (Å²) in [4.78, 5) is 20.1. The van der Waals surface area contributed by atoms with Crippen molar-refractivity contribution in [3.05, 3.63) is 30.1 Å². The normalized spacial score (nSPS) is 15.0. The van der Waals surface area contributed by atoms with E-state index in [1.165, 1.54) is 0 Å². The molecule has 3 rings (SSSR count). The first kappa shape index (κ1) is 14.2. The van der Waals surface area contributed by atoms with Crippen molar-refractivity contribution in [2.45, 2.75) is 0 Å². The molecule has 1 aromatic carbocycles. The van der Waals surface area contributed by atoms with Gasteiger partial charge >= 0.3 is 0 Å². The molecule has 0 atom stereocenters. The van der Waals surface area contributed by atoms with Crippen LogP contribution in [-0.2, 0) is 0 Å². The Kier molecular flexibility index (Phi) is 3.82. The van der Waals surface area contributed by atoms with E-state index in [4.69, 9.17) is 10.5 Å². The highest BCUT2D eigenvalue weighted by Crippen LogP contribution is 2.28. The maximum Gasteiger partial charge on any atom is 0.291 e. The van der Waals surface area contributed by atoms with Gasteiger partial charge in [-0.2, -0.15) is 4.98 Å². The molecule has 2 heterocycles. The zero-order chi connectivity index (χ0) is 15.5. The van der Waals surface area contributed by atoms with Gasteiger partial charge in [-0.05, 0) is 12.1 Å². The van der Waals surface area contributed by atoms with Crippen LogP contribution in [0.3, 0.4) is 0 Å². The zero-order valence-electron chi connectivity index (χ0n) is 12.3. The highest BCUT2D eigenvalue weighted by Gasteiger charge is 2.25. The van der Waals surface area contributed by atoms with Gasteiger partial charge in [-0.25, -0.2) is 0 Å². The lowest BCUT2D eigenvalue weighted by Crippen LogP contribution is -2.49. The van der Waals surface area contributed by atoms with Crippen LogP contribution in [0.1, 0.15) is 10.6 Å². The van der Waals surface area contributed by atoms with Crippen LogP contribution in [0.25, 0.3) is 0 Å². The first-order valence-electron chi connectivity index (χ1n) is 7.04. The fourth-order valence-corrected chi connectivity index (χ4v) is 2.56. The molecule has 8 heteroatoms. The van der Waals surface area contributed by atoms with E-state index < -0.39 is 0 Å². The fraction of sp³-hybridized carbons (Fsp3) is 0.357. The second kappa shape index (κ2) is 5.92. The van der Waals surface area contributed by atoms with Crippen molar-refractivity contribution in [3.63, 3.8) is 0 Å². The Morgan fingerprint density at radius 1 is 1.27 bits per heavy atom. The van der Waals surface area contributed by atoms with Crippen LogP contribution in [0.2, 0.25) is 0 Å². The Bertz CT molecular complexity index is 663. The Balaban J connectivity index is 1.66. The molecule has 0 aliphatic carbocycles. The Hall–Kier alpha value is -2.77. The monoisotopic (exact) mass is 302 g/mol. The third-order valence-corrected chi connectivity index (χ3v) is 3.70. The van der Waals surface area contributed by atoms with Crippen LogP contribution in [0.15, 0.2) is 24.3 Å². The molecule has 2 aromatic rings. The van der Waals surface area contributed by atoms with Crippen molar-refractivity contribution in [1.29, 1.82) is 0 Å². The summed E-state index contributed by atoms with van der Waals surface area (Å²) in [7, 11) is 1.66. The minimum Gasteiger partial charge on any atom is -0.495 e. The van der Waals surface area contributed by atoms with Crippen molar-refractivity contribution in [2.75, 3.05) is 43.9 Å². The van der Waals surface area contributed by atoms with E-state index >= 15 is 0 Å². The summed E-state index contributed by atoms with van der Waals surface area (Å²) in [5.41, 5.74) is 6.47. The van der Waals surface area contributed by atoms with Gasteiger partial charge in [0.2, 0.25) is 11.8 Å². The van der Waals surface area contributed by atoms with E-state index in [-0.39, 0.29) is 17.7 Å². The summed E-state index contributed by atoms with van der Waals surface area (Å²) in [6.07, 6.45) is 0. The third kappa shape index (κ3) is 2.67. The lowest BCUT2D eigenvalue weighted by molar-refractivity contribution is 0.0735. The van der Waals surface area contributed by atoms with Gasteiger partial charge in [0.05, 0.1) is 12.8 Å². The number of para-hydroxylation sites is 2. The van der Waals surface area contributed by atoms with E-state index in [0.29, 0.717) is 13.1 Å². The summed E-state index contributed by atoms with van der Waals surface area (Å²) >= 11 is 0. The number of carbonyl (C=O) groups excluding carboxylic acids is 1. The number of nitrogens with two attached hydrogens (primary N) is 1. The maximum atomic E-state index is 12.3. The molecule has 1 fully saturated rings. The van der Waals surface area contributed by atoms with Crippen LogP contribution in [0, 0.1) is 0 Å². The summed E-state index contributed by atoms with van der Waals surface area (Å²) in [6.45, 7) is 2.68. The average molecular weight is 302 g/mol. The van der Waals surface area contributed by atoms with Gasteiger partial charge in [-0.15, -0.1) is 5.10 Å². The van der Waals surface area contributed by atoms with Crippen LogP contribution in [0.5, 0.6) is 5.75 Å². The minimum absolute atomic E-state index is 0.0796. The Morgan fingerprint density at radius 2 is 2.00 bits per heavy atom. The summed E-state index contributed by atoms with van der Waals surface area (Å²) in [6, 6.07) is 7.88. The van der Waals surface area contributed by atoms with Crippen molar-refractivity contribution in [3.8, 4) is 5.75 Å². The largest absolute Gasteiger partial charge is 0.495 e. The van der Waals surface area contributed by atoms with Crippen molar-refractivity contribution in [2.24, 2.45) is 0 Å². The lowest BCUT2D eigenvalue weighted by Gasteiger charge is -2.36. The Labute approximate surface area is 127 Å². The molecule has 116 valence electrons. The number of benzene rings is 1. The van der Waals surface area contributed by atoms with Gasteiger partial charge in [0.1, 0.15) is 5.75 Å². The summed E-state index contributed by atoms with van der Waals surface area (Å²) in [5, 5.41) is 6.24. The number of methoxy groups -OCH3 is 1. The zero-order valence-corrected chi connectivity index (χ0v) is 12.3. The number of hydrogen-bond acceptors (Lipinski definition) is 6. The molecule has 1 aliphatic rings. The van der Waals surface area contributed by atoms with E-state index in [0.717, 1.165) is 24.5 Å². The number of piperazine rings is 1. The number of nitrogens with zero attached hydrogens (tertiary/aromatic N) is 4. The number of H-pyrrole nitrogens is 1. The lowest BCUT2D eigenvalue weighted by atomic mass is 10.2. The van der Waals surface area contributed by atoms with Crippen molar-refractivity contribution in [1.82, 2.24) is 20.1 Å². The van der Waals surface area contributed by atoms with Gasteiger partial charge in [0, 0.05) is 26.2 Å². The molecule has 1 saturated heterocycles. The molecule has 1 aromatic heterocycles. The third-order valence-electron chi connectivity index (χ3n) is 3.70. The van der Waals surface area contributed by atoms with Gasteiger partial charge in [-0.3, -0.25) is 9.89 Å². The summed E-state index contributed by atoms with van der Waals surface area (Å²) < 4.78 is 5.39. The maximum absolute atomic E-state index is 12.3. The highest BCUT2D eigenvalue weighted by atomic mass is 16.5. The molecule has 0 unspecified atom stereocenters. The molecular weight excluding hydrogens is 284 g/mol. The second-order valence-electron chi connectivity index (χ2n) is 4.99. The van der Waals surface area contributed by atoms with Crippen LogP contribution >= 0.6 is 0 Å². The second-order valence-corrected chi connectivity index (χ2v) is 4.99. The van der Waals surface area contributed by atoms with Crippen LogP contribution in [-0.4, -0.2) is 59.3 Å². The first-order valence-corrected chi connectivity index (χ1v) is 7.04. The van der Waals surface area contributed by atoms with Crippen molar-refractivity contribution >= 4 is 17.5 Å². The SMILES string of the molecule is COc1ccccc1N1CCN(C(=O)c2nc(N)n[nH]2)CC1. The molecule has 0 saturated carbocycles. The van der Waals surface area contributed by atoms with Gasteiger partial charge in [0.25, 0.3) is 5.91 Å². The summed E-state index contributed by atoms with van der Waals surface area (Å²) in [5.74, 6) is 0.924. The minimum atomic E-state index is -0.177. The van der Waals surface area contributed by atoms with Crippen molar-refractivity contribution < 1.29 is 9.53 Å². The number of rotatable bonds is 3. The van der Waals surface area contributed by atoms with Crippen LogP contribution in [0.4, 0.5) is 11.6 Å². The number of ether oxygens (including phenoxy) is 1. The number of nitrogen functional groups attached to an aromatic ring is 1. The molecule has 1 aliphatic heterocycles. The molecule has 22 heavy (non-hydrogen) atoms. The van der Waals surface area contributed by atoms with Gasteiger partial charge in [-0.1, -0.05) is 12.1 Å². The molecule has 0 bridgehead atoms. The number of anilines is 2. The van der Waals surface area contributed by atoms with Crippen LogP contribution < -0.4 is 15.4 Å². The number of aromatic nitrogens is 3.